The molecule has 1 rings (SSSR count). The number of amides is 1. The molecule has 0 aromatic heterocycles. The Kier molecular flexibility index (Phi) is 7.36. The molecular weight excluding hydrogens is 409 g/mol. The zero-order valence-corrected chi connectivity index (χ0v) is 15.2. The number of benzene rings is 1. The second-order valence-electron chi connectivity index (χ2n) is 4.58. The zero-order chi connectivity index (χ0) is 17.4. The van der Waals surface area contributed by atoms with Gasteiger partial charge in [-0.1, -0.05) is 0 Å². The maximum atomic E-state index is 11.9. The van der Waals surface area contributed by atoms with Crippen molar-refractivity contribution in [3.05, 3.63) is 26.8 Å². The number of nitriles is 2. The van der Waals surface area contributed by atoms with Gasteiger partial charge in [-0.15, -0.1) is 0 Å². The minimum Gasteiger partial charge on any atom is -0.490 e. The van der Waals surface area contributed by atoms with Gasteiger partial charge < -0.3 is 14.4 Å². The minimum absolute atomic E-state index is 0.0268. The summed E-state index contributed by atoms with van der Waals surface area (Å²) in [5.41, 5.74) is 0.674. The van der Waals surface area contributed by atoms with Gasteiger partial charge in [-0.3, -0.25) is 4.79 Å². The van der Waals surface area contributed by atoms with Crippen LogP contribution in [0.4, 0.5) is 0 Å². The van der Waals surface area contributed by atoms with E-state index in [0.29, 0.717) is 23.7 Å². The van der Waals surface area contributed by atoms with Gasteiger partial charge in [0, 0.05) is 14.1 Å². The molecule has 6 nitrogen and oxygen atoms in total. The number of halogens is 1. The van der Waals surface area contributed by atoms with Gasteiger partial charge in [0.1, 0.15) is 17.7 Å². The molecule has 120 valence electrons. The van der Waals surface area contributed by atoms with Gasteiger partial charge in [0.25, 0.3) is 5.91 Å². The van der Waals surface area contributed by atoms with Crippen LogP contribution in [0, 0.1) is 26.2 Å². The van der Waals surface area contributed by atoms with Crippen LogP contribution in [0.1, 0.15) is 12.5 Å². The van der Waals surface area contributed by atoms with Crippen molar-refractivity contribution >= 4 is 34.6 Å². The summed E-state index contributed by atoms with van der Waals surface area (Å²) in [6.07, 6.45) is 1.50. The molecule has 0 saturated heterocycles. The van der Waals surface area contributed by atoms with Crippen molar-refractivity contribution in [2.24, 2.45) is 0 Å². The maximum absolute atomic E-state index is 11.9. The van der Waals surface area contributed by atoms with E-state index in [2.05, 4.69) is 22.6 Å². The van der Waals surface area contributed by atoms with Crippen molar-refractivity contribution < 1.29 is 14.3 Å². The second kappa shape index (κ2) is 9.01. The van der Waals surface area contributed by atoms with E-state index in [1.807, 2.05) is 19.1 Å². The maximum Gasteiger partial charge on any atom is 0.264 e. The normalized spacial score (nSPS) is 10.4. The van der Waals surface area contributed by atoms with Gasteiger partial charge in [0.05, 0.1) is 10.2 Å². The number of hydrogen-bond acceptors (Lipinski definition) is 5. The summed E-state index contributed by atoms with van der Waals surface area (Å²) in [4.78, 5) is 13.3. The smallest absolute Gasteiger partial charge is 0.264 e. The highest BCUT2D eigenvalue weighted by Crippen LogP contribution is 2.35. The van der Waals surface area contributed by atoms with E-state index in [1.165, 1.54) is 11.0 Å². The average Bonchev–Trinajstić information content (AvgIpc) is 2.51. The number of carbonyl (C=O) groups is 1. The Morgan fingerprint density at radius 3 is 2.57 bits per heavy atom. The number of rotatable bonds is 6. The Labute approximate surface area is 149 Å². The third kappa shape index (κ3) is 5.15. The summed E-state index contributed by atoms with van der Waals surface area (Å²) in [5, 5.41) is 17.8. The van der Waals surface area contributed by atoms with Crippen molar-refractivity contribution in [3.63, 3.8) is 0 Å². The highest BCUT2D eigenvalue weighted by atomic mass is 127. The predicted octanol–water partition coefficient (Wildman–Crippen LogP) is 2.59. The molecule has 7 heteroatoms. The summed E-state index contributed by atoms with van der Waals surface area (Å²) < 4.78 is 11.6. The van der Waals surface area contributed by atoms with Crippen LogP contribution in [0.2, 0.25) is 0 Å². The van der Waals surface area contributed by atoms with Gasteiger partial charge in [-0.05, 0) is 53.3 Å². The van der Waals surface area contributed by atoms with Crippen molar-refractivity contribution in [3.8, 4) is 23.6 Å². The van der Waals surface area contributed by atoms with E-state index in [1.54, 1.807) is 26.2 Å². The lowest BCUT2D eigenvalue weighted by molar-refractivity contribution is -0.124. The van der Waals surface area contributed by atoms with E-state index in [4.69, 9.17) is 20.0 Å². The van der Waals surface area contributed by atoms with Crippen molar-refractivity contribution in [1.82, 2.24) is 4.90 Å². The van der Waals surface area contributed by atoms with E-state index in [0.717, 1.165) is 3.57 Å². The Bertz CT molecular complexity index is 700. The standard InChI is InChI=1S/C16H16IN3O3/c1-4-22-14-9-11(7-12(10-19)16(21)20(2)3)8-13(17)15(14)23-6-5-18/h7-9H,4,6H2,1-3H3/b12-7-. The number of hydrogen-bond donors (Lipinski definition) is 0. The first-order valence-corrected chi connectivity index (χ1v) is 7.82. The summed E-state index contributed by atoms with van der Waals surface area (Å²) in [6.45, 7) is 2.17. The molecule has 0 atom stereocenters. The fourth-order valence-corrected chi connectivity index (χ4v) is 2.51. The third-order valence-electron chi connectivity index (χ3n) is 2.68. The third-order valence-corrected chi connectivity index (χ3v) is 3.48. The van der Waals surface area contributed by atoms with E-state index >= 15 is 0 Å². The van der Waals surface area contributed by atoms with Crippen molar-refractivity contribution in [1.29, 1.82) is 10.5 Å². The molecule has 0 saturated carbocycles. The SMILES string of the molecule is CCOc1cc(/C=C(/C#N)C(=O)N(C)C)cc(I)c1OCC#N. The number of nitrogens with zero attached hydrogens (tertiary/aromatic N) is 3. The fourth-order valence-electron chi connectivity index (χ4n) is 1.73. The summed E-state index contributed by atoms with van der Waals surface area (Å²) in [5.74, 6) is 0.573. The van der Waals surface area contributed by atoms with Gasteiger partial charge in [0.15, 0.2) is 18.1 Å². The van der Waals surface area contributed by atoms with Crippen LogP contribution in [0.15, 0.2) is 17.7 Å². The Balaban J connectivity index is 3.31. The Hall–Kier alpha value is -2.26. The van der Waals surface area contributed by atoms with E-state index < -0.39 is 0 Å². The van der Waals surface area contributed by atoms with E-state index in [-0.39, 0.29) is 18.1 Å². The quantitative estimate of drug-likeness (QED) is 0.397. The van der Waals surface area contributed by atoms with Gasteiger partial charge in [-0.25, -0.2) is 0 Å². The molecule has 0 aliphatic carbocycles. The average molecular weight is 425 g/mol. The first-order valence-electron chi connectivity index (χ1n) is 6.74. The van der Waals surface area contributed by atoms with Crippen LogP contribution in [0.3, 0.4) is 0 Å². The molecule has 0 radical (unpaired) electrons. The summed E-state index contributed by atoms with van der Waals surface area (Å²) in [7, 11) is 3.17. The lowest BCUT2D eigenvalue weighted by Gasteiger charge is -2.13. The van der Waals surface area contributed by atoms with Crippen LogP contribution in [0.25, 0.3) is 6.08 Å². The van der Waals surface area contributed by atoms with Crippen LogP contribution in [0.5, 0.6) is 11.5 Å². The van der Waals surface area contributed by atoms with Crippen molar-refractivity contribution in [2.75, 3.05) is 27.3 Å². The molecule has 0 aliphatic rings. The molecule has 0 aliphatic heterocycles. The first kappa shape index (κ1) is 18.8. The van der Waals surface area contributed by atoms with Gasteiger partial charge in [0.2, 0.25) is 0 Å². The molecule has 0 N–H and O–H groups in total. The zero-order valence-electron chi connectivity index (χ0n) is 13.1. The number of ether oxygens (including phenoxy) is 2. The highest BCUT2D eigenvalue weighted by molar-refractivity contribution is 14.1. The summed E-state index contributed by atoms with van der Waals surface area (Å²) >= 11 is 2.06. The summed E-state index contributed by atoms with van der Waals surface area (Å²) in [6, 6.07) is 7.25. The number of carbonyl (C=O) groups excluding carboxylic acids is 1. The topological polar surface area (TPSA) is 86.3 Å². The lowest BCUT2D eigenvalue weighted by atomic mass is 10.1. The largest absolute Gasteiger partial charge is 0.490 e. The molecule has 1 aromatic rings. The fraction of sp³-hybridized carbons (Fsp3) is 0.312. The van der Waals surface area contributed by atoms with Gasteiger partial charge >= 0.3 is 0 Å². The van der Waals surface area contributed by atoms with Crippen molar-refractivity contribution in [2.45, 2.75) is 6.92 Å². The van der Waals surface area contributed by atoms with Crippen LogP contribution >= 0.6 is 22.6 Å². The van der Waals surface area contributed by atoms with Crippen LogP contribution in [-0.4, -0.2) is 38.1 Å². The lowest BCUT2D eigenvalue weighted by Crippen LogP contribution is -2.22. The molecular formula is C16H16IN3O3. The molecule has 0 spiro atoms. The Morgan fingerprint density at radius 1 is 1.35 bits per heavy atom. The molecule has 1 amide bonds. The predicted molar refractivity (Wildman–Crippen MR) is 93.7 cm³/mol. The molecule has 0 heterocycles. The number of likely N-dealkylation sites (N-methyl/N-ethyl adjacent to an activating group) is 1. The molecule has 23 heavy (non-hydrogen) atoms. The highest BCUT2D eigenvalue weighted by Gasteiger charge is 2.15. The molecule has 0 unspecified atom stereocenters. The van der Waals surface area contributed by atoms with Gasteiger partial charge in [-0.2, -0.15) is 10.5 Å². The second-order valence-corrected chi connectivity index (χ2v) is 5.74. The Morgan fingerprint density at radius 2 is 2.04 bits per heavy atom. The molecule has 0 bridgehead atoms. The monoisotopic (exact) mass is 425 g/mol. The minimum atomic E-state index is -0.370. The first-order chi connectivity index (χ1) is 10.9. The van der Waals surface area contributed by atoms with Crippen LogP contribution < -0.4 is 9.47 Å². The molecule has 0 fully saturated rings. The van der Waals surface area contributed by atoms with E-state index in [9.17, 15) is 4.79 Å². The van der Waals surface area contributed by atoms with Crippen LogP contribution in [-0.2, 0) is 4.79 Å². The molecule has 1 aromatic carbocycles.